The number of halogens is 2. The maximum absolute atomic E-state index is 12.1. The minimum Gasteiger partial charge on any atom is -0.489 e. The Balaban J connectivity index is 2.09. The Morgan fingerprint density at radius 2 is 1.91 bits per heavy atom. The molecule has 0 aliphatic heterocycles. The van der Waals surface area contributed by atoms with Gasteiger partial charge in [0.15, 0.2) is 0 Å². The molecule has 2 aromatic rings. The van der Waals surface area contributed by atoms with Gasteiger partial charge in [-0.3, -0.25) is 4.79 Å². The highest BCUT2D eigenvalue weighted by molar-refractivity contribution is 6.35. The smallest absolute Gasteiger partial charge is 0.248 e. The maximum Gasteiger partial charge on any atom is 0.248 e. The van der Waals surface area contributed by atoms with Gasteiger partial charge in [-0.25, -0.2) is 0 Å². The summed E-state index contributed by atoms with van der Waals surface area (Å²) < 4.78 is 5.67. The Hall–Kier alpha value is -1.97. The van der Waals surface area contributed by atoms with Crippen molar-refractivity contribution in [3.63, 3.8) is 0 Å². The molecule has 0 radical (unpaired) electrons. The summed E-state index contributed by atoms with van der Waals surface area (Å²) >= 11 is 11.9. The minimum atomic E-state index is -0.268. The van der Waals surface area contributed by atoms with Crippen molar-refractivity contribution in [3.8, 4) is 5.75 Å². The van der Waals surface area contributed by atoms with Crippen LogP contribution in [0.4, 0.5) is 5.69 Å². The van der Waals surface area contributed by atoms with Gasteiger partial charge in [-0.05, 0) is 49.8 Å². The van der Waals surface area contributed by atoms with Crippen LogP contribution in [0.3, 0.4) is 0 Å². The molecule has 0 unspecified atom stereocenters. The van der Waals surface area contributed by atoms with E-state index in [1.165, 1.54) is 6.08 Å². The first-order valence-electron chi connectivity index (χ1n) is 7.15. The molecule has 2 aromatic carbocycles. The van der Waals surface area contributed by atoms with Gasteiger partial charge in [-0.15, -0.1) is 0 Å². The molecule has 0 fully saturated rings. The fourth-order valence-corrected chi connectivity index (χ4v) is 2.37. The molecule has 0 spiro atoms. The zero-order valence-corrected chi connectivity index (χ0v) is 14.4. The van der Waals surface area contributed by atoms with Crippen LogP contribution in [0.2, 0.25) is 10.0 Å². The Morgan fingerprint density at radius 1 is 1.17 bits per heavy atom. The number of nitrogens with one attached hydrogen (secondary N) is 1. The number of rotatable bonds is 5. The van der Waals surface area contributed by atoms with Crippen LogP contribution in [0.25, 0.3) is 6.08 Å². The Labute approximate surface area is 145 Å². The molecule has 0 aliphatic carbocycles. The van der Waals surface area contributed by atoms with E-state index in [1.54, 1.807) is 30.3 Å². The lowest BCUT2D eigenvalue weighted by Gasteiger charge is -2.14. The summed E-state index contributed by atoms with van der Waals surface area (Å²) in [5.74, 6) is 0.365. The average molecular weight is 350 g/mol. The van der Waals surface area contributed by atoms with Crippen molar-refractivity contribution in [3.05, 3.63) is 64.1 Å². The highest BCUT2D eigenvalue weighted by Gasteiger charge is 2.07. The average Bonchev–Trinajstić information content (AvgIpc) is 2.48. The largest absolute Gasteiger partial charge is 0.489 e. The van der Waals surface area contributed by atoms with Crippen LogP contribution in [-0.4, -0.2) is 12.0 Å². The van der Waals surface area contributed by atoms with Crippen molar-refractivity contribution in [2.45, 2.75) is 20.0 Å². The lowest BCUT2D eigenvalue weighted by Crippen LogP contribution is -2.12. The van der Waals surface area contributed by atoms with Gasteiger partial charge in [-0.1, -0.05) is 41.4 Å². The Kier molecular flexibility index (Phi) is 6.08. The molecule has 1 N–H and O–H groups in total. The van der Waals surface area contributed by atoms with Crippen LogP contribution in [0.15, 0.2) is 48.5 Å². The standard InChI is InChI=1S/C18H17Cl2NO2/c1-12(2)23-17-6-4-3-5-16(17)21-18(22)10-8-13-7-9-14(19)11-15(13)20/h3-12H,1-2H3,(H,21,22)/b10-8+. The normalized spacial score (nSPS) is 11.0. The molecule has 1 amide bonds. The molecule has 0 bridgehead atoms. The van der Waals surface area contributed by atoms with Gasteiger partial charge in [0, 0.05) is 16.1 Å². The van der Waals surface area contributed by atoms with Gasteiger partial charge in [0.25, 0.3) is 0 Å². The second kappa shape index (κ2) is 8.04. The van der Waals surface area contributed by atoms with Gasteiger partial charge >= 0.3 is 0 Å². The van der Waals surface area contributed by atoms with Crippen LogP contribution in [0.1, 0.15) is 19.4 Å². The summed E-state index contributed by atoms with van der Waals surface area (Å²) in [4.78, 5) is 12.1. The topological polar surface area (TPSA) is 38.3 Å². The number of anilines is 1. The highest BCUT2D eigenvalue weighted by atomic mass is 35.5. The Morgan fingerprint density at radius 3 is 2.61 bits per heavy atom. The molecule has 5 heteroatoms. The van der Waals surface area contributed by atoms with Crippen molar-refractivity contribution >= 4 is 40.9 Å². The molecule has 0 aliphatic rings. The van der Waals surface area contributed by atoms with Gasteiger partial charge in [0.1, 0.15) is 5.75 Å². The Bertz CT molecular complexity index is 727. The molecule has 3 nitrogen and oxygen atoms in total. The zero-order valence-electron chi connectivity index (χ0n) is 12.8. The third kappa shape index (κ3) is 5.31. The van der Waals surface area contributed by atoms with Gasteiger partial charge in [0.05, 0.1) is 11.8 Å². The predicted molar refractivity (Wildman–Crippen MR) is 96.3 cm³/mol. The molecule has 0 aromatic heterocycles. The second-order valence-corrected chi connectivity index (χ2v) is 5.99. The van der Waals surface area contributed by atoms with Crippen LogP contribution in [0, 0.1) is 0 Å². The van der Waals surface area contributed by atoms with Crippen LogP contribution in [-0.2, 0) is 4.79 Å². The number of benzene rings is 2. The molecule has 0 atom stereocenters. The van der Waals surface area contributed by atoms with Gasteiger partial charge in [0.2, 0.25) is 5.91 Å². The quantitative estimate of drug-likeness (QED) is 0.730. The van der Waals surface area contributed by atoms with Crippen molar-refractivity contribution < 1.29 is 9.53 Å². The lowest BCUT2D eigenvalue weighted by atomic mass is 10.2. The fraction of sp³-hybridized carbons (Fsp3) is 0.167. The number of carbonyl (C=O) groups is 1. The number of hydrogen-bond acceptors (Lipinski definition) is 2. The summed E-state index contributed by atoms with van der Waals surface area (Å²) in [5, 5.41) is 3.84. The second-order valence-electron chi connectivity index (χ2n) is 5.15. The number of para-hydroxylation sites is 2. The van der Waals surface area contributed by atoms with Crippen molar-refractivity contribution in [1.29, 1.82) is 0 Å². The zero-order chi connectivity index (χ0) is 16.8. The summed E-state index contributed by atoms with van der Waals surface area (Å²) in [7, 11) is 0. The summed E-state index contributed by atoms with van der Waals surface area (Å²) in [6.07, 6.45) is 3.08. The SMILES string of the molecule is CC(C)Oc1ccccc1NC(=O)/C=C/c1ccc(Cl)cc1Cl. The fourth-order valence-electron chi connectivity index (χ4n) is 1.90. The van der Waals surface area contributed by atoms with E-state index in [0.717, 1.165) is 5.56 Å². The van der Waals surface area contributed by atoms with E-state index < -0.39 is 0 Å². The molecular weight excluding hydrogens is 333 g/mol. The van der Waals surface area contributed by atoms with Crippen LogP contribution in [0.5, 0.6) is 5.75 Å². The molecule has 0 saturated heterocycles. The van der Waals surface area contributed by atoms with E-state index in [9.17, 15) is 4.79 Å². The maximum atomic E-state index is 12.1. The van der Waals surface area contributed by atoms with E-state index in [1.807, 2.05) is 32.0 Å². The van der Waals surface area contributed by atoms with Crippen LogP contribution < -0.4 is 10.1 Å². The predicted octanol–water partition coefficient (Wildman–Crippen LogP) is 5.43. The van der Waals surface area contributed by atoms with Crippen LogP contribution >= 0.6 is 23.2 Å². The number of carbonyl (C=O) groups excluding carboxylic acids is 1. The van der Waals surface area contributed by atoms with Crippen molar-refractivity contribution in [2.24, 2.45) is 0 Å². The van der Waals surface area contributed by atoms with E-state index in [4.69, 9.17) is 27.9 Å². The van der Waals surface area contributed by atoms with Gasteiger partial charge < -0.3 is 10.1 Å². The molecular formula is C18H17Cl2NO2. The highest BCUT2D eigenvalue weighted by Crippen LogP contribution is 2.25. The first-order valence-corrected chi connectivity index (χ1v) is 7.91. The first-order chi connectivity index (χ1) is 11.0. The monoisotopic (exact) mass is 349 g/mol. The third-order valence-corrected chi connectivity index (χ3v) is 3.45. The summed E-state index contributed by atoms with van der Waals surface area (Å²) in [6, 6.07) is 12.4. The summed E-state index contributed by atoms with van der Waals surface area (Å²) in [5.41, 5.74) is 1.34. The molecule has 0 heterocycles. The van der Waals surface area contributed by atoms with Crippen molar-refractivity contribution in [2.75, 3.05) is 5.32 Å². The minimum absolute atomic E-state index is 0.0245. The van der Waals surface area contributed by atoms with Crippen molar-refractivity contribution in [1.82, 2.24) is 0 Å². The van der Waals surface area contributed by atoms with E-state index in [-0.39, 0.29) is 12.0 Å². The number of ether oxygens (including phenoxy) is 1. The molecule has 120 valence electrons. The van der Waals surface area contributed by atoms with E-state index in [0.29, 0.717) is 21.5 Å². The van der Waals surface area contributed by atoms with E-state index >= 15 is 0 Å². The first kappa shape index (κ1) is 17.4. The summed E-state index contributed by atoms with van der Waals surface area (Å²) in [6.45, 7) is 3.86. The van der Waals surface area contributed by atoms with E-state index in [2.05, 4.69) is 5.32 Å². The molecule has 0 saturated carbocycles. The van der Waals surface area contributed by atoms with Gasteiger partial charge in [-0.2, -0.15) is 0 Å². The number of hydrogen-bond donors (Lipinski definition) is 1. The number of amides is 1. The third-order valence-electron chi connectivity index (χ3n) is 2.88. The lowest BCUT2D eigenvalue weighted by molar-refractivity contribution is -0.111. The molecule has 2 rings (SSSR count). The molecule has 23 heavy (non-hydrogen) atoms.